The second kappa shape index (κ2) is 6.12. The first-order valence-corrected chi connectivity index (χ1v) is 7.07. The normalized spacial score (nSPS) is 23.7. The Balaban J connectivity index is 1.86. The molecule has 0 spiro atoms. The van der Waals surface area contributed by atoms with Gasteiger partial charge in [0.15, 0.2) is 0 Å². The summed E-state index contributed by atoms with van der Waals surface area (Å²) in [7, 11) is 1.71. The van der Waals surface area contributed by atoms with Crippen LogP contribution in [-0.4, -0.2) is 13.7 Å². The molecule has 1 aromatic rings. The van der Waals surface area contributed by atoms with E-state index >= 15 is 0 Å². The van der Waals surface area contributed by atoms with E-state index in [0.29, 0.717) is 0 Å². The lowest BCUT2D eigenvalue weighted by Crippen LogP contribution is -2.20. The van der Waals surface area contributed by atoms with E-state index in [0.717, 1.165) is 24.1 Å². The number of aryl methyl sites for hydroxylation is 1. The van der Waals surface area contributed by atoms with Gasteiger partial charge in [-0.3, -0.25) is 0 Å². The quantitative estimate of drug-likeness (QED) is 0.859. The van der Waals surface area contributed by atoms with Gasteiger partial charge in [0.2, 0.25) is 0 Å². The maximum Gasteiger partial charge on any atom is 0.119 e. The van der Waals surface area contributed by atoms with Gasteiger partial charge in [0.05, 0.1) is 7.11 Å². The third-order valence-corrected chi connectivity index (χ3v) is 4.15. The summed E-state index contributed by atoms with van der Waals surface area (Å²) >= 11 is 0. The first-order valence-electron chi connectivity index (χ1n) is 7.07. The van der Waals surface area contributed by atoms with Gasteiger partial charge in [0.1, 0.15) is 5.75 Å². The molecule has 0 saturated heterocycles. The number of rotatable bonds is 4. The molecule has 0 aliphatic heterocycles. The molecule has 2 rings (SSSR count). The van der Waals surface area contributed by atoms with Gasteiger partial charge in [-0.05, 0) is 55.4 Å². The molecular formula is C16H25NO. The summed E-state index contributed by atoms with van der Waals surface area (Å²) in [5.74, 6) is 2.72. The first kappa shape index (κ1) is 13.3. The fourth-order valence-electron chi connectivity index (χ4n) is 2.75. The van der Waals surface area contributed by atoms with Crippen LogP contribution in [0.5, 0.6) is 5.75 Å². The average molecular weight is 247 g/mol. The smallest absolute Gasteiger partial charge is 0.119 e. The fourth-order valence-corrected chi connectivity index (χ4v) is 2.75. The van der Waals surface area contributed by atoms with Crippen molar-refractivity contribution in [2.45, 2.75) is 39.5 Å². The molecule has 0 unspecified atom stereocenters. The van der Waals surface area contributed by atoms with Crippen LogP contribution in [0.2, 0.25) is 0 Å². The largest absolute Gasteiger partial charge is 0.497 e. The van der Waals surface area contributed by atoms with Gasteiger partial charge < -0.3 is 10.1 Å². The Kier molecular flexibility index (Phi) is 4.51. The van der Waals surface area contributed by atoms with Gasteiger partial charge >= 0.3 is 0 Å². The van der Waals surface area contributed by atoms with Crippen LogP contribution in [0, 0.1) is 18.8 Å². The molecule has 1 aliphatic rings. The van der Waals surface area contributed by atoms with Crippen molar-refractivity contribution in [3.8, 4) is 5.75 Å². The third-order valence-electron chi connectivity index (χ3n) is 4.15. The number of benzene rings is 1. The van der Waals surface area contributed by atoms with E-state index in [2.05, 4.69) is 31.3 Å². The van der Waals surface area contributed by atoms with Gasteiger partial charge in [-0.2, -0.15) is 0 Å². The van der Waals surface area contributed by atoms with E-state index in [1.54, 1.807) is 7.11 Å². The summed E-state index contributed by atoms with van der Waals surface area (Å²) in [5, 5.41) is 3.59. The lowest BCUT2D eigenvalue weighted by molar-refractivity contribution is 0.300. The minimum atomic E-state index is 0.850. The zero-order valence-corrected chi connectivity index (χ0v) is 11.8. The minimum absolute atomic E-state index is 0.850. The number of hydrogen-bond acceptors (Lipinski definition) is 2. The van der Waals surface area contributed by atoms with E-state index in [4.69, 9.17) is 4.74 Å². The maximum absolute atomic E-state index is 5.23. The summed E-state index contributed by atoms with van der Waals surface area (Å²) in [6.07, 6.45) is 5.55. The highest BCUT2D eigenvalue weighted by Crippen LogP contribution is 2.29. The van der Waals surface area contributed by atoms with Crippen LogP contribution in [0.3, 0.4) is 0 Å². The topological polar surface area (TPSA) is 21.3 Å². The van der Waals surface area contributed by atoms with Crippen LogP contribution in [0.25, 0.3) is 0 Å². The van der Waals surface area contributed by atoms with Crippen molar-refractivity contribution in [3.63, 3.8) is 0 Å². The minimum Gasteiger partial charge on any atom is -0.497 e. The van der Waals surface area contributed by atoms with Gasteiger partial charge in [-0.1, -0.05) is 19.8 Å². The Labute approximate surface area is 111 Å². The summed E-state index contributed by atoms with van der Waals surface area (Å²) in [6, 6.07) is 6.24. The molecule has 0 atom stereocenters. The van der Waals surface area contributed by atoms with Crippen molar-refractivity contribution in [1.82, 2.24) is 0 Å². The zero-order valence-electron chi connectivity index (χ0n) is 11.8. The molecule has 1 saturated carbocycles. The van der Waals surface area contributed by atoms with E-state index in [1.165, 1.54) is 36.9 Å². The van der Waals surface area contributed by atoms with E-state index in [9.17, 15) is 0 Å². The molecule has 1 fully saturated rings. The maximum atomic E-state index is 5.23. The summed E-state index contributed by atoms with van der Waals surface area (Å²) in [4.78, 5) is 0. The molecule has 0 bridgehead atoms. The number of ether oxygens (including phenoxy) is 1. The molecule has 0 aromatic heterocycles. The summed E-state index contributed by atoms with van der Waals surface area (Å²) < 4.78 is 5.23. The lowest BCUT2D eigenvalue weighted by Gasteiger charge is -2.26. The van der Waals surface area contributed by atoms with Crippen molar-refractivity contribution >= 4 is 5.69 Å². The van der Waals surface area contributed by atoms with Gasteiger partial charge in [0.25, 0.3) is 0 Å². The Hall–Kier alpha value is -1.18. The standard InChI is InChI=1S/C16H25NO/c1-12-4-6-14(7-5-12)11-17-16-9-8-15(18-3)10-13(16)2/h8-10,12,14,17H,4-7,11H2,1-3H3. The van der Waals surface area contributed by atoms with E-state index in [1.807, 2.05) is 6.07 Å². The first-order chi connectivity index (χ1) is 8.69. The van der Waals surface area contributed by atoms with Crippen LogP contribution in [0.1, 0.15) is 38.2 Å². The molecule has 100 valence electrons. The van der Waals surface area contributed by atoms with Gasteiger partial charge in [0, 0.05) is 12.2 Å². The van der Waals surface area contributed by atoms with Crippen molar-refractivity contribution in [2.75, 3.05) is 19.0 Å². The van der Waals surface area contributed by atoms with Crippen LogP contribution in [-0.2, 0) is 0 Å². The van der Waals surface area contributed by atoms with E-state index < -0.39 is 0 Å². The second-order valence-electron chi connectivity index (χ2n) is 5.69. The third kappa shape index (κ3) is 3.41. The molecule has 0 heterocycles. The molecule has 1 aliphatic carbocycles. The Morgan fingerprint density at radius 1 is 1.22 bits per heavy atom. The van der Waals surface area contributed by atoms with Gasteiger partial charge in [-0.15, -0.1) is 0 Å². The summed E-state index contributed by atoms with van der Waals surface area (Å²) in [6.45, 7) is 5.62. The van der Waals surface area contributed by atoms with Crippen LogP contribution >= 0.6 is 0 Å². The van der Waals surface area contributed by atoms with Crippen molar-refractivity contribution in [1.29, 1.82) is 0 Å². The Morgan fingerprint density at radius 3 is 2.56 bits per heavy atom. The molecule has 1 N–H and O–H groups in total. The second-order valence-corrected chi connectivity index (χ2v) is 5.69. The summed E-state index contributed by atoms with van der Waals surface area (Å²) in [5.41, 5.74) is 2.51. The fraction of sp³-hybridized carbons (Fsp3) is 0.625. The lowest BCUT2D eigenvalue weighted by atomic mass is 9.83. The monoisotopic (exact) mass is 247 g/mol. The highest BCUT2D eigenvalue weighted by molar-refractivity contribution is 5.53. The van der Waals surface area contributed by atoms with Crippen molar-refractivity contribution < 1.29 is 4.74 Å². The Morgan fingerprint density at radius 2 is 1.94 bits per heavy atom. The number of hydrogen-bond donors (Lipinski definition) is 1. The van der Waals surface area contributed by atoms with Crippen LogP contribution in [0.4, 0.5) is 5.69 Å². The van der Waals surface area contributed by atoms with Crippen molar-refractivity contribution in [2.24, 2.45) is 11.8 Å². The predicted molar refractivity (Wildman–Crippen MR) is 77.3 cm³/mol. The SMILES string of the molecule is COc1ccc(NCC2CCC(C)CC2)c(C)c1. The molecule has 1 aromatic carbocycles. The number of anilines is 1. The number of nitrogens with one attached hydrogen (secondary N) is 1. The molecule has 0 amide bonds. The highest BCUT2D eigenvalue weighted by Gasteiger charge is 2.17. The molecular weight excluding hydrogens is 222 g/mol. The Bertz CT molecular complexity index is 381. The van der Waals surface area contributed by atoms with Crippen molar-refractivity contribution in [3.05, 3.63) is 23.8 Å². The number of methoxy groups -OCH3 is 1. The van der Waals surface area contributed by atoms with Crippen LogP contribution in [0.15, 0.2) is 18.2 Å². The zero-order chi connectivity index (χ0) is 13.0. The highest BCUT2D eigenvalue weighted by atomic mass is 16.5. The molecule has 2 heteroatoms. The van der Waals surface area contributed by atoms with E-state index in [-0.39, 0.29) is 0 Å². The molecule has 2 nitrogen and oxygen atoms in total. The predicted octanol–water partition coefficient (Wildman–Crippen LogP) is 4.24. The average Bonchev–Trinajstić information content (AvgIpc) is 2.39. The molecule has 0 radical (unpaired) electrons. The van der Waals surface area contributed by atoms with Crippen LogP contribution < -0.4 is 10.1 Å². The van der Waals surface area contributed by atoms with Gasteiger partial charge in [-0.25, -0.2) is 0 Å². The molecule has 18 heavy (non-hydrogen) atoms.